The molecule has 2 atom stereocenters. The van der Waals surface area contributed by atoms with Crippen molar-refractivity contribution in [2.75, 3.05) is 0 Å². The third-order valence-electron chi connectivity index (χ3n) is 3.19. The minimum Gasteiger partial charge on any atom is -0.354 e. The van der Waals surface area contributed by atoms with E-state index in [1.54, 1.807) is 0 Å². The van der Waals surface area contributed by atoms with Crippen molar-refractivity contribution in [2.45, 2.75) is 79.3 Å². The molecule has 2 N–H and O–H groups in total. The topological polar surface area (TPSA) is 58.2 Å². The molecular formula is C16H32N2O2. The molecule has 0 fully saturated rings. The van der Waals surface area contributed by atoms with E-state index in [0.29, 0.717) is 12.3 Å². The highest BCUT2D eigenvalue weighted by Gasteiger charge is 2.12. The van der Waals surface area contributed by atoms with Gasteiger partial charge in [0.2, 0.25) is 11.8 Å². The molecule has 0 spiro atoms. The first-order valence-electron chi connectivity index (χ1n) is 7.82. The molecule has 0 rings (SSSR count). The van der Waals surface area contributed by atoms with Crippen LogP contribution in [0.2, 0.25) is 0 Å². The molecule has 0 saturated carbocycles. The summed E-state index contributed by atoms with van der Waals surface area (Å²) in [7, 11) is 0. The first kappa shape index (κ1) is 18.9. The smallest absolute Gasteiger partial charge is 0.222 e. The Bertz CT molecular complexity index is 301. The van der Waals surface area contributed by atoms with Gasteiger partial charge in [0, 0.05) is 24.4 Å². The molecule has 0 saturated heterocycles. The Hall–Kier alpha value is -1.06. The molecule has 0 aromatic heterocycles. The minimum absolute atomic E-state index is 0.0340. The van der Waals surface area contributed by atoms with Crippen molar-refractivity contribution in [3.05, 3.63) is 0 Å². The van der Waals surface area contributed by atoms with Gasteiger partial charge in [-0.3, -0.25) is 9.59 Å². The van der Waals surface area contributed by atoms with Crippen LogP contribution in [0.15, 0.2) is 0 Å². The average Bonchev–Trinajstić information content (AvgIpc) is 2.26. The van der Waals surface area contributed by atoms with Crippen LogP contribution in [-0.2, 0) is 9.59 Å². The summed E-state index contributed by atoms with van der Waals surface area (Å²) in [6, 6.07) is 0.401. The van der Waals surface area contributed by atoms with Crippen LogP contribution in [0.4, 0.5) is 0 Å². The number of amides is 2. The van der Waals surface area contributed by atoms with Crippen LogP contribution in [0.25, 0.3) is 0 Å². The number of carbonyl (C=O) groups is 2. The van der Waals surface area contributed by atoms with Crippen molar-refractivity contribution in [3.63, 3.8) is 0 Å². The normalized spacial score (nSPS) is 14.2. The first-order chi connectivity index (χ1) is 9.22. The van der Waals surface area contributed by atoms with Gasteiger partial charge in [0.05, 0.1) is 0 Å². The SMILES string of the molecule is CC(C)CC(=O)NC(C)CCCC(C)NC(=O)C(C)C. The Morgan fingerprint density at radius 1 is 0.850 bits per heavy atom. The Kier molecular flexibility index (Phi) is 9.26. The Morgan fingerprint density at radius 2 is 1.35 bits per heavy atom. The summed E-state index contributed by atoms with van der Waals surface area (Å²) in [4.78, 5) is 23.1. The van der Waals surface area contributed by atoms with Crippen LogP contribution in [0.3, 0.4) is 0 Å². The van der Waals surface area contributed by atoms with Gasteiger partial charge in [0.1, 0.15) is 0 Å². The predicted octanol–water partition coefficient (Wildman–Crippen LogP) is 2.87. The molecule has 0 aromatic carbocycles. The third kappa shape index (κ3) is 9.82. The molecule has 118 valence electrons. The third-order valence-corrected chi connectivity index (χ3v) is 3.19. The fourth-order valence-electron chi connectivity index (χ4n) is 1.99. The maximum Gasteiger partial charge on any atom is 0.222 e. The van der Waals surface area contributed by atoms with Gasteiger partial charge in [-0.15, -0.1) is 0 Å². The zero-order valence-electron chi connectivity index (χ0n) is 14.0. The van der Waals surface area contributed by atoms with Crippen LogP contribution in [-0.4, -0.2) is 23.9 Å². The van der Waals surface area contributed by atoms with E-state index < -0.39 is 0 Å². The largest absolute Gasteiger partial charge is 0.354 e. The average molecular weight is 284 g/mol. The number of nitrogens with one attached hydrogen (secondary N) is 2. The van der Waals surface area contributed by atoms with Gasteiger partial charge < -0.3 is 10.6 Å². The Morgan fingerprint density at radius 3 is 1.80 bits per heavy atom. The first-order valence-corrected chi connectivity index (χ1v) is 7.82. The molecule has 0 bridgehead atoms. The van der Waals surface area contributed by atoms with E-state index in [2.05, 4.69) is 10.6 Å². The zero-order chi connectivity index (χ0) is 15.7. The van der Waals surface area contributed by atoms with Gasteiger partial charge in [0.25, 0.3) is 0 Å². The summed E-state index contributed by atoms with van der Waals surface area (Å²) in [6.45, 7) is 12.0. The van der Waals surface area contributed by atoms with Gasteiger partial charge in [-0.2, -0.15) is 0 Å². The van der Waals surface area contributed by atoms with Crippen LogP contribution in [0.1, 0.15) is 67.2 Å². The second-order valence-corrected chi connectivity index (χ2v) is 6.56. The number of rotatable bonds is 9. The summed E-state index contributed by atoms with van der Waals surface area (Å²) in [5.74, 6) is 0.671. The van der Waals surface area contributed by atoms with E-state index in [4.69, 9.17) is 0 Å². The molecule has 0 aliphatic heterocycles. The van der Waals surface area contributed by atoms with Crippen LogP contribution in [0, 0.1) is 11.8 Å². The molecule has 0 aliphatic carbocycles. The van der Waals surface area contributed by atoms with E-state index in [1.165, 1.54) is 0 Å². The highest BCUT2D eigenvalue weighted by molar-refractivity contribution is 5.78. The lowest BCUT2D eigenvalue weighted by molar-refractivity contribution is -0.124. The number of carbonyl (C=O) groups excluding carboxylic acids is 2. The number of hydrogen-bond donors (Lipinski definition) is 2. The molecule has 0 radical (unpaired) electrons. The molecule has 20 heavy (non-hydrogen) atoms. The maximum absolute atomic E-state index is 11.6. The monoisotopic (exact) mass is 284 g/mol. The second kappa shape index (κ2) is 9.78. The van der Waals surface area contributed by atoms with E-state index in [0.717, 1.165) is 19.3 Å². The van der Waals surface area contributed by atoms with Gasteiger partial charge in [-0.25, -0.2) is 0 Å². The predicted molar refractivity (Wildman–Crippen MR) is 83.4 cm³/mol. The molecule has 0 heterocycles. The standard InChI is InChI=1S/C16H32N2O2/c1-11(2)10-15(19)17-13(5)8-7-9-14(6)18-16(20)12(3)4/h11-14H,7-10H2,1-6H3,(H,17,19)(H,18,20). The Balaban J connectivity index is 3.77. The van der Waals surface area contributed by atoms with Crippen LogP contribution < -0.4 is 10.6 Å². The highest BCUT2D eigenvalue weighted by atomic mass is 16.2. The van der Waals surface area contributed by atoms with Crippen LogP contribution in [0.5, 0.6) is 0 Å². The van der Waals surface area contributed by atoms with E-state index in [1.807, 2.05) is 41.5 Å². The molecule has 2 amide bonds. The van der Waals surface area contributed by atoms with Crippen LogP contribution >= 0.6 is 0 Å². The quantitative estimate of drug-likeness (QED) is 0.684. The molecule has 4 nitrogen and oxygen atoms in total. The summed E-state index contributed by atoms with van der Waals surface area (Å²) < 4.78 is 0. The molecular weight excluding hydrogens is 252 g/mol. The van der Waals surface area contributed by atoms with Crippen molar-refractivity contribution in [2.24, 2.45) is 11.8 Å². The summed E-state index contributed by atoms with van der Waals surface area (Å²) in [6.07, 6.45) is 3.49. The Labute approximate surface area is 124 Å². The van der Waals surface area contributed by atoms with Gasteiger partial charge in [-0.1, -0.05) is 27.7 Å². The second-order valence-electron chi connectivity index (χ2n) is 6.56. The summed E-state index contributed by atoms with van der Waals surface area (Å²) in [5.41, 5.74) is 0. The summed E-state index contributed by atoms with van der Waals surface area (Å²) >= 11 is 0. The lowest BCUT2D eigenvalue weighted by Crippen LogP contribution is -2.36. The fourth-order valence-corrected chi connectivity index (χ4v) is 1.99. The minimum atomic E-state index is 0.0340. The number of hydrogen-bond acceptors (Lipinski definition) is 2. The van der Waals surface area contributed by atoms with Crippen molar-refractivity contribution >= 4 is 11.8 Å². The molecule has 0 aromatic rings. The van der Waals surface area contributed by atoms with Gasteiger partial charge in [0.15, 0.2) is 0 Å². The van der Waals surface area contributed by atoms with Crippen molar-refractivity contribution in [1.82, 2.24) is 10.6 Å². The van der Waals surface area contributed by atoms with E-state index in [9.17, 15) is 9.59 Å². The van der Waals surface area contributed by atoms with E-state index in [-0.39, 0.29) is 29.8 Å². The van der Waals surface area contributed by atoms with Crippen molar-refractivity contribution in [1.29, 1.82) is 0 Å². The van der Waals surface area contributed by atoms with Gasteiger partial charge >= 0.3 is 0 Å². The van der Waals surface area contributed by atoms with Gasteiger partial charge in [-0.05, 0) is 39.0 Å². The zero-order valence-corrected chi connectivity index (χ0v) is 14.0. The van der Waals surface area contributed by atoms with Crippen molar-refractivity contribution in [3.8, 4) is 0 Å². The summed E-state index contributed by atoms with van der Waals surface area (Å²) in [5, 5.41) is 6.01. The van der Waals surface area contributed by atoms with Crippen molar-refractivity contribution < 1.29 is 9.59 Å². The van der Waals surface area contributed by atoms with E-state index >= 15 is 0 Å². The lowest BCUT2D eigenvalue weighted by atomic mass is 10.1. The highest BCUT2D eigenvalue weighted by Crippen LogP contribution is 2.06. The fraction of sp³-hybridized carbons (Fsp3) is 0.875. The lowest BCUT2D eigenvalue weighted by Gasteiger charge is -2.18. The molecule has 2 unspecified atom stereocenters. The molecule has 4 heteroatoms. The maximum atomic E-state index is 11.6. The molecule has 0 aliphatic rings.